The largest absolute Gasteiger partial charge is 0.538 e. The second-order valence-electron chi connectivity index (χ2n) is 1.81. The van der Waals surface area contributed by atoms with Gasteiger partial charge in [0.2, 0.25) is 0 Å². The second kappa shape index (κ2) is 4.14. The molecular formula is C2H6O9P2. The zero-order valence-electron chi connectivity index (χ0n) is 6.06. The van der Waals surface area contributed by atoms with Crippen molar-refractivity contribution in [2.24, 2.45) is 0 Å². The lowest BCUT2D eigenvalue weighted by Gasteiger charge is -2.11. The van der Waals surface area contributed by atoms with Crippen LogP contribution in [0.2, 0.25) is 0 Å². The van der Waals surface area contributed by atoms with Crippen molar-refractivity contribution in [2.75, 3.05) is 13.2 Å². The average molecular weight is 236 g/mol. The van der Waals surface area contributed by atoms with Crippen LogP contribution in [-0.4, -0.2) is 23.0 Å². The Morgan fingerprint density at radius 2 is 1.69 bits per heavy atom. The third-order valence-corrected chi connectivity index (χ3v) is 2.97. The van der Waals surface area contributed by atoms with Crippen LogP contribution in [0.15, 0.2) is 0 Å². The summed E-state index contributed by atoms with van der Waals surface area (Å²) in [6, 6.07) is 0. The molecule has 1 aliphatic heterocycles. The zero-order chi connectivity index (χ0) is 9.95. The molecule has 1 rings (SSSR count). The minimum absolute atomic E-state index is 0.103. The van der Waals surface area contributed by atoms with Gasteiger partial charge >= 0.3 is 15.6 Å². The molecule has 0 aromatic heterocycles. The fraction of sp³-hybridized carbons (Fsp3) is 1.00. The lowest BCUT2D eigenvalue weighted by molar-refractivity contribution is -0.218. The molecule has 0 radical (unpaired) electrons. The van der Waals surface area contributed by atoms with Gasteiger partial charge in [0.25, 0.3) is 0 Å². The summed E-state index contributed by atoms with van der Waals surface area (Å²) in [7, 11) is -9.48. The molecule has 9 nitrogen and oxygen atoms in total. The molecule has 1 heterocycles. The van der Waals surface area contributed by atoms with Crippen molar-refractivity contribution in [1.82, 2.24) is 0 Å². The SMILES string of the molecule is O=P(O)(O)OP1(=O)OOCCOO1. The van der Waals surface area contributed by atoms with Crippen LogP contribution < -0.4 is 0 Å². The molecule has 0 saturated carbocycles. The Hall–Kier alpha value is 0.180. The Bertz CT molecular complexity index is 242. The maximum atomic E-state index is 11.1. The summed E-state index contributed by atoms with van der Waals surface area (Å²) in [5.41, 5.74) is 0. The summed E-state index contributed by atoms with van der Waals surface area (Å²) in [6.45, 7) is -0.205. The number of hydrogen-bond donors (Lipinski definition) is 2. The van der Waals surface area contributed by atoms with Gasteiger partial charge in [-0.05, 0) is 0 Å². The van der Waals surface area contributed by atoms with E-state index in [-0.39, 0.29) is 13.2 Å². The molecule has 0 aromatic carbocycles. The Labute approximate surface area is 72.2 Å². The third kappa shape index (κ3) is 4.28. The molecule has 0 atom stereocenters. The molecule has 0 spiro atoms. The first kappa shape index (κ1) is 11.3. The van der Waals surface area contributed by atoms with Crippen molar-refractivity contribution in [1.29, 1.82) is 0 Å². The van der Waals surface area contributed by atoms with E-state index >= 15 is 0 Å². The predicted octanol–water partition coefficient (Wildman–Crippen LogP) is 0.114. The molecule has 2 N–H and O–H groups in total. The third-order valence-electron chi connectivity index (χ3n) is 0.744. The topological polar surface area (TPSA) is 121 Å². The Kier molecular flexibility index (Phi) is 3.58. The lowest BCUT2D eigenvalue weighted by Crippen LogP contribution is -1.95. The maximum Gasteiger partial charge on any atom is 0.538 e. The normalized spacial score (nSPS) is 23.8. The van der Waals surface area contributed by atoms with E-state index in [1.807, 2.05) is 0 Å². The maximum absolute atomic E-state index is 11.1. The molecule has 1 saturated heterocycles. The van der Waals surface area contributed by atoms with Crippen LogP contribution in [0.3, 0.4) is 0 Å². The van der Waals surface area contributed by atoms with Gasteiger partial charge in [-0.3, -0.25) is 0 Å². The molecule has 0 aliphatic carbocycles. The number of phosphoric acid groups is 2. The van der Waals surface area contributed by atoms with Crippen molar-refractivity contribution < 1.29 is 42.4 Å². The van der Waals surface area contributed by atoms with Gasteiger partial charge in [0.05, 0.1) is 0 Å². The Morgan fingerprint density at radius 3 is 2.08 bits per heavy atom. The van der Waals surface area contributed by atoms with Crippen molar-refractivity contribution in [3.8, 4) is 0 Å². The van der Waals surface area contributed by atoms with Crippen LogP contribution in [0.25, 0.3) is 0 Å². The summed E-state index contributed by atoms with van der Waals surface area (Å²) in [4.78, 5) is 24.9. The smallest absolute Gasteiger partial charge is 0.302 e. The van der Waals surface area contributed by atoms with Gasteiger partial charge in [0, 0.05) is 0 Å². The van der Waals surface area contributed by atoms with Crippen LogP contribution in [0.1, 0.15) is 0 Å². The Morgan fingerprint density at radius 1 is 1.23 bits per heavy atom. The fourth-order valence-corrected chi connectivity index (χ4v) is 2.13. The minimum atomic E-state index is -4.99. The molecule has 13 heavy (non-hydrogen) atoms. The highest BCUT2D eigenvalue weighted by molar-refractivity contribution is 7.61. The van der Waals surface area contributed by atoms with E-state index in [4.69, 9.17) is 9.79 Å². The molecule has 11 heteroatoms. The highest BCUT2D eigenvalue weighted by Crippen LogP contribution is 2.61. The molecule has 0 bridgehead atoms. The van der Waals surface area contributed by atoms with E-state index in [9.17, 15) is 9.13 Å². The van der Waals surface area contributed by atoms with E-state index in [0.717, 1.165) is 0 Å². The molecule has 0 unspecified atom stereocenters. The van der Waals surface area contributed by atoms with Crippen LogP contribution in [0.5, 0.6) is 0 Å². The molecule has 1 aliphatic rings. The van der Waals surface area contributed by atoms with Gasteiger partial charge in [-0.2, -0.15) is 4.31 Å². The van der Waals surface area contributed by atoms with E-state index in [2.05, 4.69) is 23.4 Å². The van der Waals surface area contributed by atoms with E-state index < -0.39 is 15.6 Å². The summed E-state index contributed by atoms with van der Waals surface area (Å²) in [5, 5.41) is 0. The first-order chi connectivity index (χ1) is 5.91. The van der Waals surface area contributed by atoms with Gasteiger partial charge in [-0.1, -0.05) is 0 Å². The first-order valence-electron chi connectivity index (χ1n) is 2.91. The summed E-state index contributed by atoms with van der Waals surface area (Å²) >= 11 is 0. The van der Waals surface area contributed by atoms with E-state index in [0.29, 0.717) is 0 Å². The summed E-state index contributed by atoms with van der Waals surface area (Å²) < 4.78 is 32.9. The Balaban J connectivity index is 2.63. The molecule has 1 fully saturated rings. The summed E-state index contributed by atoms with van der Waals surface area (Å²) in [6.07, 6.45) is 0. The second-order valence-corrected chi connectivity index (χ2v) is 4.64. The zero-order valence-corrected chi connectivity index (χ0v) is 7.85. The molecule has 0 aromatic rings. The minimum Gasteiger partial charge on any atom is -0.302 e. The monoisotopic (exact) mass is 236 g/mol. The van der Waals surface area contributed by atoms with E-state index in [1.165, 1.54) is 0 Å². The first-order valence-corrected chi connectivity index (χ1v) is 5.90. The predicted molar refractivity (Wildman–Crippen MR) is 34.8 cm³/mol. The van der Waals surface area contributed by atoms with Crippen molar-refractivity contribution in [3.05, 3.63) is 0 Å². The van der Waals surface area contributed by atoms with Crippen molar-refractivity contribution in [3.63, 3.8) is 0 Å². The van der Waals surface area contributed by atoms with Gasteiger partial charge < -0.3 is 9.79 Å². The van der Waals surface area contributed by atoms with Crippen LogP contribution >= 0.6 is 15.6 Å². The molecular weight excluding hydrogens is 230 g/mol. The van der Waals surface area contributed by atoms with Crippen LogP contribution in [-0.2, 0) is 32.6 Å². The quantitative estimate of drug-likeness (QED) is 0.508. The van der Waals surface area contributed by atoms with Gasteiger partial charge in [-0.25, -0.2) is 18.9 Å². The van der Waals surface area contributed by atoms with Crippen LogP contribution in [0.4, 0.5) is 0 Å². The summed E-state index contributed by atoms with van der Waals surface area (Å²) in [5.74, 6) is 0. The number of hydrogen-bond acceptors (Lipinski definition) is 7. The van der Waals surface area contributed by atoms with Gasteiger partial charge in [0.15, 0.2) is 0 Å². The standard InChI is InChI=1S/C2H6O9P2/c3-12(4,5)11-13(6)9-7-1-2-8-10-13/h1-2H2,(H2,3,4,5). The highest BCUT2D eigenvalue weighted by Gasteiger charge is 2.40. The van der Waals surface area contributed by atoms with Gasteiger partial charge in [-0.15, -0.1) is 9.35 Å². The molecule has 78 valence electrons. The van der Waals surface area contributed by atoms with Crippen molar-refractivity contribution in [2.45, 2.75) is 0 Å². The van der Waals surface area contributed by atoms with E-state index in [1.54, 1.807) is 0 Å². The fourth-order valence-electron chi connectivity index (χ4n) is 0.442. The van der Waals surface area contributed by atoms with Crippen molar-refractivity contribution >= 4 is 15.6 Å². The van der Waals surface area contributed by atoms with Crippen LogP contribution in [0, 0.1) is 0 Å². The average Bonchev–Trinajstić information content (AvgIpc) is 2.09. The highest BCUT2D eigenvalue weighted by atomic mass is 31.3. The molecule has 0 amide bonds. The van der Waals surface area contributed by atoms with Gasteiger partial charge in [0.1, 0.15) is 13.2 Å². The lowest BCUT2D eigenvalue weighted by atomic mass is 10.8. The number of rotatable bonds is 2.